The highest BCUT2D eigenvalue weighted by atomic mass is 16.5. The third kappa shape index (κ3) is 3.53. The molecule has 0 bridgehead atoms. The number of hydrogen-bond donors (Lipinski definition) is 1. The zero-order valence-electron chi connectivity index (χ0n) is 15.1. The van der Waals surface area contributed by atoms with E-state index in [4.69, 9.17) is 14.0 Å². The molecule has 140 valence electrons. The average molecular weight is 375 g/mol. The van der Waals surface area contributed by atoms with E-state index >= 15 is 0 Å². The molecule has 3 aromatic carbocycles. The maximum Gasteiger partial charge on any atom is 0.339 e. The van der Waals surface area contributed by atoms with E-state index in [0.717, 1.165) is 22.1 Å². The van der Waals surface area contributed by atoms with E-state index < -0.39 is 5.97 Å². The number of benzene rings is 3. The van der Waals surface area contributed by atoms with Crippen LogP contribution in [0.4, 0.5) is 0 Å². The molecular weight excluding hydrogens is 358 g/mol. The zero-order chi connectivity index (χ0) is 19.5. The van der Waals surface area contributed by atoms with Gasteiger partial charge in [0.2, 0.25) is 0 Å². The van der Waals surface area contributed by atoms with Crippen molar-refractivity contribution < 1.29 is 23.9 Å². The van der Waals surface area contributed by atoms with E-state index in [0.29, 0.717) is 11.5 Å². The third-order valence-electron chi connectivity index (χ3n) is 4.39. The SMILES string of the molecule is COc1ccc(-c2cc(COc3cc4ccccc4cc3C(=O)O)on2)cc1. The molecule has 0 unspecified atom stereocenters. The topological polar surface area (TPSA) is 81.8 Å². The lowest BCUT2D eigenvalue weighted by molar-refractivity contribution is 0.0691. The summed E-state index contributed by atoms with van der Waals surface area (Å²) in [5.74, 6) is 0.495. The average Bonchev–Trinajstić information content (AvgIpc) is 3.20. The van der Waals surface area contributed by atoms with Crippen molar-refractivity contribution in [1.82, 2.24) is 5.16 Å². The summed E-state index contributed by atoms with van der Waals surface area (Å²) in [6.07, 6.45) is 0. The summed E-state index contributed by atoms with van der Waals surface area (Å²) in [6.45, 7) is 0.0712. The van der Waals surface area contributed by atoms with Crippen LogP contribution in [-0.2, 0) is 6.61 Å². The van der Waals surface area contributed by atoms with Crippen LogP contribution in [0.15, 0.2) is 71.3 Å². The molecule has 4 aromatic rings. The summed E-state index contributed by atoms with van der Waals surface area (Å²) in [5.41, 5.74) is 1.65. The Morgan fingerprint density at radius 3 is 2.43 bits per heavy atom. The molecular formula is C22H17NO5. The Morgan fingerprint density at radius 2 is 1.75 bits per heavy atom. The van der Waals surface area contributed by atoms with Crippen molar-refractivity contribution in [3.8, 4) is 22.8 Å². The molecule has 0 aliphatic carbocycles. The molecule has 0 fully saturated rings. The molecule has 0 amide bonds. The lowest BCUT2D eigenvalue weighted by atomic mass is 10.1. The molecule has 6 nitrogen and oxygen atoms in total. The Balaban J connectivity index is 1.55. The van der Waals surface area contributed by atoms with Crippen LogP contribution in [0.2, 0.25) is 0 Å². The summed E-state index contributed by atoms with van der Waals surface area (Å²) >= 11 is 0. The maximum absolute atomic E-state index is 11.6. The minimum atomic E-state index is -1.04. The van der Waals surface area contributed by atoms with Crippen molar-refractivity contribution >= 4 is 16.7 Å². The van der Waals surface area contributed by atoms with Crippen molar-refractivity contribution in [1.29, 1.82) is 0 Å². The largest absolute Gasteiger partial charge is 0.497 e. The number of ether oxygens (including phenoxy) is 2. The van der Waals surface area contributed by atoms with Gasteiger partial charge in [-0.15, -0.1) is 0 Å². The molecule has 1 N–H and O–H groups in total. The second-order valence-corrected chi connectivity index (χ2v) is 6.20. The number of aromatic carboxylic acids is 1. The highest BCUT2D eigenvalue weighted by Crippen LogP contribution is 2.28. The molecule has 0 saturated heterocycles. The highest BCUT2D eigenvalue weighted by molar-refractivity contribution is 5.97. The molecule has 0 spiro atoms. The van der Waals surface area contributed by atoms with Crippen LogP contribution in [0.3, 0.4) is 0 Å². The summed E-state index contributed by atoms with van der Waals surface area (Å²) < 4.78 is 16.2. The second-order valence-electron chi connectivity index (χ2n) is 6.20. The molecule has 1 aromatic heterocycles. The van der Waals surface area contributed by atoms with Gasteiger partial charge in [0, 0.05) is 11.6 Å². The van der Waals surface area contributed by atoms with Gasteiger partial charge in [-0.25, -0.2) is 4.79 Å². The fourth-order valence-electron chi connectivity index (χ4n) is 2.93. The molecule has 28 heavy (non-hydrogen) atoms. The number of fused-ring (bicyclic) bond motifs is 1. The van der Waals surface area contributed by atoms with Crippen LogP contribution in [0.25, 0.3) is 22.0 Å². The number of carbonyl (C=O) groups is 1. The van der Waals surface area contributed by atoms with Crippen molar-refractivity contribution in [2.75, 3.05) is 7.11 Å². The molecule has 0 aliphatic heterocycles. The summed E-state index contributed by atoms with van der Waals surface area (Å²) in [4.78, 5) is 11.6. The van der Waals surface area contributed by atoms with Crippen LogP contribution >= 0.6 is 0 Å². The van der Waals surface area contributed by atoms with Crippen molar-refractivity contribution in [3.05, 3.63) is 78.1 Å². The minimum Gasteiger partial charge on any atom is -0.497 e. The van der Waals surface area contributed by atoms with Crippen LogP contribution in [0.1, 0.15) is 16.1 Å². The lowest BCUT2D eigenvalue weighted by Gasteiger charge is -2.09. The first-order chi connectivity index (χ1) is 13.6. The molecule has 0 aliphatic rings. The van der Waals surface area contributed by atoms with Crippen LogP contribution in [0, 0.1) is 0 Å². The fraction of sp³-hybridized carbons (Fsp3) is 0.0909. The number of methoxy groups -OCH3 is 1. The predicted octanol–water partition coefficient (Wildman–Crippen LogP) is 4.78. The predicted molar refractivity (Wildman–Crippen MR) is 104 cm³/mol. The molecule has 0 saturated carbocycles. The van der Waals surface area contributed by atoms with Gasteiger partial charge in [0.05, 0.1) is 7.11 Å². The monoisotopic (exact) mass is 375 g/mol. The quantitative estimate of drug-likeness (QED) is 0.522. The van der Waals surface area contributed by atoms with Crippen LogP contribution in [-0.4, -0.2) is 23.3 Å². The lowest BCUT2D eigenvalue weighted by Crippen LogP contribution is -2.03. The van der Waals surface area contributed by atoms with Gasteiger partial charge in [0.1, 0.15) is 29.4 Å². The van der Waals surface area contributed by atoms with Gasteiger partial charge in [-0.3, -0.25) is 0 Å². The Kier molecular flexibility index (Phi) is 4.68. The number of carboxylic acid groups (broad SMARTS) is 1. The number of rotatable bonds is 6. The van der Waals surface area contributed by atoms with Gasteiger partial charge in [0.15, 0.2) is 5.76 Å². The van der Waals surface area contributed by atoms with E-state index in [1.165, 1.54) is 0 Å². The molecule has 6 heteroatoms. The van der Waals surface area contributed by atoms with Gasteiger partial charge >= 0.3 is 5.97 Å². The van der Waals surface area contributed by atoms with Crippen LogP contribution < -0.4 is 9.47 Å². The Morgan fingerprint density at radius 1 is 1.04 bits per heavy atom. The fourth-order valence-corrected chi connectivity index (χ4v) is 2.93. The Labute approximate surface area is 160 Å². The molecule has 1 heterocycles. The molecule has 0 atom stereocenters. The van der Waals surface area contributed by atoms with E-state index in [9.17, 15) is 9.90 Å². The van der Waals surface area contributed by atoms with Crippen molar-refractivity contribution in [3.63, 3.8) is 0 Å². The normalized spacial score (nSPS) is 10.8. The molecule has 4 rings (SSSR count). The summed E-state index contributed by atoms with van der Waals surface area (Å²) in [6, 6.07) is 20.1. The van der Waals surface area contributed by atoms with Crippen molar-refractivity contribution in [2.24, 2.45) is 0 Å². The highest BCUT2D eigenvalue weighted by Gasteiger charge is 2.14. The second kappa shape index (κ2) is 7.44. The van der Waals surface area contributed by atoms with Gasteiger partial charge < -0.3 is 19.1 Å². The smallest absolute Gasteiger partial charge is 0.339 e. The molecule has 0 radical (unpaired) electrons. The first-order valence-electron chi connectivity index (χ1n) is 8.63. The van der Waals surface area contributed by atoms with E-state index in [1.54, 1.807) is 25.3 Å². The van der Waals surface area contributed by atoms with E-state index in [2.05, 4.69) is 5.16 Å². The van der Waals surface area contributed by atoms with Gasteiger partial charge in [-0.05, 0) is 47.2 Å². The Bertz CT molecular complexity index is 1130. The van der Waals surface area contributed by atoms with Gasteiger partial charge in [-0.1, -0.05) is 29.4 Å². The van der Waals surface area contributed by atoms with Crippen LogP contribution in [0.5, 0.6) is 11.5 Å². The number of hydrogen-bond acceptors (Lipinski definition) is 5. The minimum absolute atomic E-state index is 0.0712. The zero-order valence-corrected chi connectivity index (χ0v) is 15.1. The van der Waals surface area contributed by atoms with Crippen molar-refractivity contribution in [2.45, 2.75) is 6.61 Å². The number of aromatic nitrogens is 1. The van der Waals surface area contributed by atoms with Gasteiger partial charge in [-0.2, -0.15) is 0 Å². The maximum atomic E-state index is 11.6. The van der Waals surface area contributed by atoms with Gasteiger partial charge in [0.25, 0.3) is 0 Å². The summed E-state index contributed by atoms with van der Waals surface area (Å²) in [7, 11) is 1.61. The van der Waals surface area contributed by atoms with E-state index in [1.807, 2.05) is 48.5 Å². The number of carboxylic acids is 1. The Hall–Kier alpha value is -3.80. The first-order valence-corrected chi connectivity index (χ1v) is 8.63. The van der Waals surface area contributed by atoms with E-state index in [-0.39, 0.29) is 17.9 Å². The summed E-state index contributed by atoms with van der Waals surface area (Å²) in [5, 5.41) is 15.3. The number of nitrogens with zero attached hydrogens (tertiary/aromatic N) is 1. The first kappa shape index (κ1) is 17.6. The third-order valence-corrected chi connectivity index (χ3v) is 4.39. The standard InChI is InChI=1S/C22H17NO5/c1-26-17-8-6-14(7-9-17)20-12-18(28-23-20)13-27-21-11-16-5-3-2-4-15(16)10-19(21)22(24)25/h2-12H,13H2,1H3,(H,24,25).